The predicted molar refractivity (Wildman–Crippen MR) is 61.2 cm³/mol. The van der Waals surface area contributed by atoms with Gasteiger partial charge in [0.15, 0.2) is 0 Å². The van der Waals surface area contributed by atoms with Gasteiger partial charge in [0, 0.05) is 5.56 Å². The standard InChI is InChI=1S/C13H17NO/c1-5-9(2)13-10(3)11(8-14)6-7-12(13)15-4/h6-7,9H,5H2,1-4H3. The lowest BCUT2D eigenvalue weighted by Gasteiger charge is -2.17. The van der Waals surface area contributed by atoms with Crippen LogP contribution in [0.2, 0.25) is 0 Å². The van der Waals surface area contributed by atoms with Crippen LogP contribution in [0.3, 0.4) is 0 Å². The second kappa shape index (κ2) is 4.84. The molecule has 2 heteroatoms. The van der Waals surface area contributed by atoms with E-state index in [4.69, 9.17) is 10.00 Å². The molecular formula is C13H17NO. The number of ether oxygens (including phenoxy) is 1. The summed E-state index contributed by atoms with van der Waals surface area (Å²) in [4.78, 5) is 0. The Bertz CT molecular complexity index is 390. The summed E-state index contributed by atoms with van der Waals surface area (Å²) in [6.45, 7) is 6.29. The van der Waals surface area contributed by atoms with Crippen LogP contribution in [-0.4, -0.2) is 7.11 Å². The van der Waals surface area contributed by atoms with Crippen molar-refractivity contribution in [3.8, 4) is 11.8 Å². The molecule has 80 valence electrons. The molecule has 0 fully saturated rings. The zero-order valence-corrected chi connectivity index (χ0v) is 9.79. The molecule has 0 saturated heterocycles. The second-order valence-electron chi connectivity index (χ2n) is 3.78. The van der Waals surface area contributed by atoms with Crippen LogP contribution in [0.1, 0.15) is 42.9 Å². The van der Waals surface area contributed by atoms with E-state index in [0.717, 1.165) is 23.3 Å². The first kappa shape index (κ1) is 11.6. The molecule has 0 aromatic heterocycles. The largest absolute Gasteiger partial charge is 0.496 e. The van der Waals surface area contributed by atoms with Gasteiger partial charge in [-0.05, 0) is 37.0 Å². The third-order valence-electron chi connectivity index (χ3n) is 2.92. The van der Waals surface area contributed by atoms with Crippen LogP contribution in [0.4, 0.5) is 0 Å². The SMILES string of the molecule is CCC(C)c1c(OC)ccc(C#N)c1C. The maximum Gasteiger partial charge on any atom is 0.122 e. The van der Waals surface area contributed by atoms with Gasteiger partial charge in [0.05, 0.1) is 18.7 Å². The molecule has 0 amide bonds. The van der Waals surface area contributed by atoms with Crippen LogP contribution in [-0.2, 0) is 0 Å². The van der Waals surface area contributed by atoms with Gasteiger partial charge >= 0.3 is 0 Å². The lowest BCUT2D eigenvalue weighted by Crippen LogP contribution is -2.01. The van der Waals surface area contributed by atoms with E-state index < -0.39 is 0 Å². The van der Waals surface area contributed by atoms with Crippen molar-refractivity contribution in [3.05, 3.63) is 28.8 Å². The summed E-state index contributed by atoms with van der Waals surface area (Å²) in [5.74, 6) is 1.31. The van der Waals surface area contributed by atoms with E-state index in [1.54, 1.807) is 7.11 Å². The van der Waals surface area contributed by atoms with Gasteiger partial charge in [0.1, 0.15) is 5.75 Å². The smallest absolute Gasteiger partial charge is 0.122 e. The maximum absolute atomic E-state index is 8.97. The highest BCUT2D eigenvalue weighted by atomic mass is 16.5. The molecule has 0 N–H and O–H groups in total. The molecule has 0 aliphatic carbocycles. The Morgan fingerprint density at radius 2 is 2.13 bits per heavy atom. The number of hydrogen-bond donors (Lipinski definition) is 0. The molecule has 0 bridgehead atoms. The Morgan fingerprint density at radius 3 is 2.60 bits per heavy atom. The lowest BCUT2D eigenvalue weighted by molar-refractivity contribution is 0.405. The van der Waals surface area contributed by atoms with Crippen LogP contribution in [0.15, 0.2) is 12.1 Å². The van der Waals surface area contributed by atoms with Crippen LogP contribution in [0.5, 0.6) is 5.75 Å². The molecule has 0 saturated carbocycles. The number of rotatable bonds is 3. The van der Waals surface area contributed by atoms with Gasteiger partial charge in [-0.2, -0.15) is 5.26 Å². The van der Waals surface area contributed by atoms with Crippen LogP contribution < -0.4 is 4.74 Å². The van der Waals surface area contributed by atoms with Gasteiger partial charge in [-0.25, -0.2) is 0 Å². The number of methoxy groups -OCH3 is 1. The van der Waals surface area contributed by atoms with Gasteiger partial charge in [-0.15, -0.1) is 0 Å². The minimum atomic E-state index is 0.424. The number of benzene rings is 1. The van der Waals surface area contributed by atoms with Crippen LogP contribution in [0, 0.1) is 18.3 Å². The Kier molecular flexibility index (Phi) is 3.74. The normalized spacial score (nSPS) is 11.9. The van der Waals surface area contributed by atoms with Crippen molar-refractivity contribution in [2.45, 2.75) is 33.1 Å². The molecule has 0 heterocycles. The molecular weight excluding hydrogens is 186 g/mol. The quantitative estimate of drug-likeness (QED) is 0.754. The van der Waals surface area contributed by atoms with Crippen molar-refractivity contribution >= 4 is 0 Å². The van der Waals surface area contributed by atoms with Crippen molar-refractivity contribution in [3.63, 3.8) is 0 Å². The Balaban J connectivity index is 3.37. The molecule has 1 unspecified atom stereocenters. The third-order valence-corrected chi connectivity index (χ3v) is 2.92. The highest BCUT2D eigenvalue weighted by Crippen LogP contribution is 2.33. The zero-order chi connectivity index (χ0) is 11.4. The molecule has 1 atom stereocenters. The number of nitrogens with zero attached hydrogens (tertiary/aromatic N) is 1. The molecule has 0 aliphatic rings. The average Bonchev–Trinajstić information content (AvgIpc) is 2.27. The van der Waals surface area contributed by atoms with E-state index in [-0.39, 0.29) is 0 Å². The molecule has 2 nitrogen and oxygen atoms in total. The van der Waals surface area contributed by atoms with Crippen LogP contribution >= 0.6 is 0 Å². The fourth-order valence-electron chi connectivity index (χ4n) is 1.82. The third kappa shape index (κ3) is 2.12. The summed E-state index contributed by atoms with van der Waals surface area (Å²) < 4.78 is 5.34. The highest BCUT2D eigenvalue weighted by Gasteiger charge is 2.15. The van der Waals surface area contributed by atoms with E-state index >= 15 is 0 Å². The van der Waals surface area contributed by atoms with E-state index in [1.165, 1.54) is 5.56 Å². The van der Waals surface area contributed by atoms with Crippen molar-refractivity contribution in [2.24, 2.45) is 0 Å². The first-order valence-corrected chi connectivity index (χ1v) is 5.23. The van der Waals surface area contributed by atoms with Gasteiger partial charge < -0.3 is 4.74 Å². The molecule has 15 heavy (non-hydrogen) atoms. The van der Waals surface area contributed by atoms with Gasteiger partial charge in [-0.3, -0.25) is 0 Å². The minimum absolute atomic E-state index is 0.424. The predicted octanol–water partition coefficient (Wildman–Crippen LogP) is 3.39. The Labute approximate surface area is 91.5 Å². The molecule has 1 rings (SSSR count). The molecule has 0 radical (unpaired) electrons. The van der Waals surface area contributed by atoms with E-state index in [1.807, 2.05) is 19.1 Å². The summed E-state index contributed by atoms with van der Waals surface area (Å²) >= 11 is 0. The van der Waals surface area contributed by atoms with Gasteiger partial charge in [-0.1, -0.05) is 13.8 Å². The van der Waals surface area contributed by atoms with Crippen molar-refractivity contribution in [1.82, 2.24) is 0 Å². The summed E-state index contributed by atoms with van der Waals surface area (Å²) in [6.07, 6.45) is 1.05. The Hall–Kier alpha value is -1.49. The second-order valence-corrected chi connectivity index (χ2v) is 3.78. The van der Waals surface area contributed by atoms with Crippen molar-refractivity contribution in [1.29, 1.82) is 5.26 Å². The average molecular weight is 203 g/mol. The number of hydrogen-bond acceptors (Lipinski definition) is 2. The monoisotopic (exact) mass is 203 g/mol. The van der Waals surface area contributed by atoms with Gasteiger partial charge in [0.25, 0.3) is 0 Å². The molecule has 0 spiro atoms. The summed E-state index contributed by atoms with van der Waals surface area (Å²) in [6, 6.07) is 5.91. The molecule has 1 aromatic carbocycles. The lowest BCUT2D eigenvalue weighted by atomic mass is 9.91. The van der Waals surface area contributed by atoms with E-state index in [2.05, 4.69) is 19.9 Å². The maximum atomic E-state index is 8.97. The van der Waals surface area contributed by atoms with Crippen molar-refractivity contribution in [2.75, 3.05) is 7.11 Å². The highest BCUT2D eigenvalue weighted by molar-refractivity contribution is 5.50. The van der Waals surface area contributed by atoms with Crippen LogP contribution in [0.25, 0.3) is 0 Å². The summed E-state index contributed by atoms with van der Waals surface area (Å²) in [5.41, 5.74) is 2.95. The zero-order valence-electron chi connectivity index (χ0n) is 9.79. The summed E-state index contributed by atoms with van der Waals surface area (Å²) in [7, 11) is 1.67. The number of nitriles is 1. The van der Waals surface area contributed by atoms with Crippen molar-refractivity contribution < 1.29 is 4.74 Å². The minimum Gasteiger partial charge on any atom is -0.496 e. The molecule has 1 aromatic rings. The fourth-order valence-corrected chi connectivity index (χ4v) is 1.82. The first-order chi connectivity index (χ1) is 7.15. The fraction of sp³-hybridized carbons (Fsp3) is 0.462. The summed E-state index contributed by atoms with van der Waals surface area (Å²) in [5, 5.41) is 8.97. The van der Waals surface area contributed by atoms with Gasteiger partial charge in [0.2, 0.25) is 0 Å². The van der Waals surface area contributed by atoms with E-state index in [9.17, 15) is 0 Å². The van der Waals surface area contributed by atoms with E-state index in [0.29, 0.717) is 5.92 Å². The molecule has 0 aliphatic heterocycles. The Morgan fingerprint density at radius 1 is 1.47 bits per heavy atom. The first-order valence-electron chi connectivity index (χ1n) is 5.23. The topological polar surface area (TPSA) is 33.0 Å².